The van der Waals surface area contributed by atoms with Gasteiger partial charge in [0, 0.05) is 0 Å². The molecule has 4 aromatic rings. The lowest BCUT2D eigenvalue weighted by atomic mass is 9.12. The zero-order valence-electron chi connectivity index (χ0n) is 33.1. The minimum Gasteiger partial charge on any atom is -0.335 e. The average Bonchev–Trinajstić information content (AvgIpc) is 3.27. The van der Waals surface area contributed by atoms with E-state index >= 15 is 35.1 Å². The van der Waals surface area contributed by atoms with Crippen LogP contribution >= 0.6 is 0 Å². The van der Waals surface area contributed by atoms with E-state index in [1.165, 1.54) is 90.3 Å². The van der Waals surface area contributed by atoms with E-state index in [1.807, 2.05) is 4.90 Å². The van der Waals surface area contributed by atoms with E-state index in [9.17, 15) is 52.7 Å². The lowest BCUT2D eigenvalue weighted by Crippen LogP contribution is -3.12. The lowest BCUT2D eigenvalue weighted by molar-refractivity contribution is -0.900. The number of nitrogens with one attached hydrogen (secondary N) is 1. The molecule has 0 radical (unpaired) electrons. The Morgan fingerprint density at radius 1 is 0.333 bits per heavy atom. The largest absolute Gasteiger partial charge is 0.335 e. The van der Waals surface area contributed by atoms with Crippen LogP contribution in [0.1, 0.15) is 84.5 Å². The molecule has 1 N–H and O–H groups in total. The van der Waals surface area contributed by atoms with Crippen LogP contribution in [0.25, 0.3) is 0 Å². The second kappa shape index (κ2) is 21.0. The van der Waals surface area contributed by atoms with Gasteiger partial charge in [-0.25, -0.2) is 87.8 Å². The van der Waals surface area contributed by atoms with Gasteiger partial charge >= 0.3 is 0 Å². The fourth-order valence-corrected chi connectivity index (χ4v) is 8.22. The highest BCUT2D eigenvalue weighted by Crippen LogP contribution is 2.31. The molecule has 63 heavy (non-hydrogen) atoms. The molecule has 0 atom stereocenters. The third kappa shape index (κ3) is 9.37. The monoisotopic (exact) mass is 933 g/mol. The van der Waals surface area contributed by atoms with Crippen molar-refractivity contribution in [2.24, 2.45) is 5.92 Å². The van der Waals surface area contributed by atoms with Crippen molar-refractivity contribution in [3.63, 3.8) is 0 Å². The summed E-state index contributed by atoms with van der Waals surface area (Å²) < 4.78 is 294. The van der Waals surface area contributed by atoms with Gasteiger partial charge in [-0.05, 0) is 31.6 Å². The maximum Gasteiger partial charge on any atom is 0.200 e. The number of rotatable bonds is 14. The first-order valence-electron chi connectivity index (χ1n) is 19.6. The van der Waals surface area contributed by atoms with E-state index in [0.717, 1.165) is 5.92 Å². The number of hydrogen-bond donors (Lipinski definition) is 1. The van der Waals surface area contributed by atoms with Crippen molar-refractivity contribution < 1.29 is 92.7 Å². The van der Waals surface area contributed by atoms with Crippen LogP contribution in [0.4, 0.5) is 87.8 Å². The molecule has 0 saturated heterocycles. The van der Waals surface area contributed by atoms with Gasteiger partial charge in [0.15, 0.2) is 69.8 Å². The number of unbranched alkanes of at least 4 members (excludes halogenated alkanes) is 2. The number of quaternary nitrogens is 1. The SMILES string of the molecule is CCCC[NH+](CCCC)CCCC1CCCCC1.Fc1c(F)c(F)c([B-](c2c(F)c(F)c(F)c(F)c2F)(c2c(F)c(F)c(F)c(F)c2F)c2c(F)c(F)c(F)c(F)c2F)c(F)c1F. The average molecular weight is 934 g/mol. The van der Waals surface area contributed by atoms with E-state index < -0.39 is 144 Å². The van der Waals surface area contributed by atoms with Gasteiger partial charge in [0.2, 0.25) is 0 Å². The highest BCUT2D eigenvalue weighted by atomic mass is 19.2. The fourth-order valence-electron chi connectivity index (χ4n) is 8.22. The van der Waals surface area contributed by atoms with Crippen LogP contribution in [0.5, 0.6) is 0 Å². The zero-order valence-corrected chi connectivity index (χ0v) is 33.1. The van der Waals surface area contributed by atoms with Gasteiger partial charge in [-0.15, -0.1) is 21.9 Å². The predicted molar refractivity (Wildman–Crippen MR) is 190 cm³/mol. The Morgan fingerprint density at radius 2 is 0.556 bits per heavy atom. The first-order valence-corrected chi connectivity index (χ1v) is 19.6. The summed E-state index contributed by atoms with van der Waals surface area (Å²) in [6.07, 6.45) is 8.90. The molecule has 0 spiro atoms. The summed E-state index contributed by atoms with van der Waals surface area (Å²) in [7, 11) is 0. The molecule has 0 unspecified atom stereocenters. The zero-order chi connectivity index (χ0) is 47.4. The van der Waals surface area contributed by atoms with Gasteiger partial charge in [0.05, 0.1) is 19.6 Å². The number of hydrogen-bond acceptors (Lipinski definition) is 0. The standard InChI is InChI=1S/C24BF20.C17H35N/c26-5-1(6(27)14(35)21(42)13(5)34)25(2-7(28)15(36)22(43)16(37)8(2)29,3-9(30)17(38)23(44)18(39)10(3)31)4-11(32)19(40)24(45)20(41)12(4)33;1-3-5-14-18(15-6-4-2)16-10-13-17-11-8-7-9-12-17/h;17H,3-16H2,1-2H3/q-1;/p+1. The van der Waals surface area contributed by atoms with Crippen LogP contribution in [0.15, 0.2) is 0 Å². The maximum atomic E-state index is 15.4. The molecule has 4 aromatic carbocycles. The van der Waals surface area contributed by atoms with Gasteiger partial charge in [-0.1, -0.05) is 58.8 Å². The molecule has 1 aliphatic rings. The van der Waals surface area contributed by atoms with Crippen LogP contribution in [0.2, 0.25) is 0 Å². The first-order chi connectivity index (χ1) is 29.6. The van der Waals surface area contributed by atoms with E-state index in [2.05, 4.69) is 13.8 Å². The minimum atomic E-state index is -7.22. The predicted octanol–water partition coefficient (Wildman–Crippen LogP) is 9.68. The number of benzene rings is 4. The Balaban J connectivity index is 0.000000405. The van der Waals surface area contributed by atoms with Crippen LogP contribution in [-0.4, -0.2) is 25.8 Å². The Labute approximate surface area is 347 Å². The molecule has 5 rings (SSSR count). The van der Waals surface area contributed by atoms with Gasteiger partial charge in [-0.3, -0.25) is 0 Å². The number of halogens is 20. The molecule has 0 amide bonds. The summed E-state index contributed by atoms with van der Waals surface area (Å²) in [6.45, 7) is 8.91. The summed E-state index contributed by atoms with van der Waals surface area (Å²) in [5.41, 5.74) is -14.3. The highest BCUT2D eigenvalue weighted by Gasteiger charge is 2.52. The maximum absolute atomic E-state index is 15.4. The van der Waals surface area contributed by atoms with Gasteiger partial charge < -0.3 is 4.90 Å². The molecule has 1 nitrogen and oxygen atoms in total. The summed E-state index contributed by atoms with van der Waals surface area (Å²) in [5, 5.41) is 0. The summed E-state index contributed by atoms with van der Waals surface area (Å²) in [5.74, 6) is -70.3. The fraction of sp³-hybridized carbons (Fsp3) is 0.415. The molecule has 348 valence electrons. The van der Waals surface area contributed by atoms with Crippen molar-refractivity contribution in [1.29, 1.82) is 0 Å². The molecule has 0 aromatic heterocycles. The van der Waals surface area contributed by atoms with E-state index in [-0.39, 0.29) is 0 Å². The van der Waals surface area contributed by atoms with Crippen LogP contribution < -0.4 is 26.8 Å². The quantitative estimate of drug-likeness (QED) is 0.0557. The third-order valence-electron chi connectivity index (χ3n) is 11.3. The van der Waals surface area contributed by atoms with Crippen LogP contribution in [0, 0.1) is 122 Å². The summed E-state index contributed by atoms with van der Waals surface area (Å²) in [4.78, 5) is 1.88. The minimum absolute atomic E-state index is 1.08. The summed E-state index contributed by atoms with van der Waals surface area (Å²) >= 11 is 0. The van der Waals surface area contributed by atoms with Crippen molar-refractivity contribution in [2.75, 3.05) is 19.6 Å². The Morgan fingerprint density at radius 3 is 0.794 bits per heavy atom. The molecule has 22 heteroatoms. The Kier molecular flexibility index (Phi) is 17.0. The van der Waals surface area contributed by atoms with Crippen LogP contribution in [0.3, 0.4) is 0 Å². The van der Waals surface area contributed by atoms with E-state index in [4.69, 9.17) is 0 Å². The second-order valence-electron chi connectivity index (χ2n) is 15.2. The van der Waals surface area contributed by atoms with E-state index in [1.54, 1.807) is 0 Å². The molecular weight excluding hydrogens is 897 g/mol. The van der Waals surface area contributed by atoms with Crippen molar-refractivity contribution in [2.45, 2.75) is 84.5 Å². The lowest BCUT2D eigenvalue weighted by Gasteiger charge is -2.44. The molecular formula is C41H36BF20N. The van der Waals surface area contributed by atoms with Crippen molar-refractivity contribution in [3.05, 3.63) is 116 Å². The highest BCUT2D eigenvalue weighted by molar-refractivity contribution is 7.20. The normalized spacial score (nSPS) is 13.6. The molecule has 0 heterocycles. The summed E-state index contributed by atoms with van der Waals surface area (Å²) in [6, 6.07) is 0. The second-order valence-corrected chi connectivity index (χ2v) is 15.2. The van der Waals surface area contributed by atoms with E-state index in [0.29, 0.717) is 0 Å². The molecule has 1 fully saturated rings. The molecule has 0 bridgehead atoms. The smallest absolute Gasteiger partial charge is 0.200 e. The van der Waals surface area contributed by atoms with Gasteiger partial charge in [0.25, 0.3) is 0 Å². The van der Waals surface area contributed by atoms with Crippen LogP contribution in [-0.2, 0) is 0 Å². The first kappa shape index (κ1) is 51.1. The molecule has 1 aliphatic carbocycles. The van der Waals surface area contributed by atoms with Gasteiger partial charge in [0.1, 0.15) is 52.7 Å². The molecule has 0 aliphatic heterocycles. The Bertz CT molecular complexity index is 1920. The Hall–Kier alpha value is -4.50. The van der Waals surface area contributed by atoms with Crippen molar-refractivity contribution in [3.8, 4) is 0 Å². The third-order valence-corrected chi connectivity index (χ3v) is 11.3. The van der Waals surface area contributed by atoms with Gasteiger partial charge in [-0.2, -0.15) is 0 Å². The van der Waals surface area contributed by atoms with Crippen molar-refractivity contribution in [1.82, 2.24) is 0 Å². The van der Waals surface area contributed by atoms with Crippen molar-refractivity contribution >= 4 is 28.0 Å². The topological polar surface area (TPSA) is 4.44 Å². The molecule has 1 saturated carbocycles.